The van der Waals surface area contributed by atoms with E-state index < -0.39 is 5.56 Å². The standard InChI is InChI=1S/C29H32N6O3S/c1-3-5-20(4-2)34-12-13-38-24-9-8-21(14-22(24)34)35-23-15-25(39-28(23)32-26(30)29(35)37)27(36)31-19-10-11-33(17-19)16-18-6-7-18/h3-5,8-9,14-15,18-19H,1-2,6-7,10-13,16-17H2,(H2,30,32)(H,31,36)/b20-5+. The largest absolute Gasteiger partial charge is 0.490 e. The number of nitrogens with zero attached hydrogens (tertiary/aromatic N) is 4. The van der Waals surface area contributed by atoms with Crippen molar-refractivity contribution in [3.05, 3.63) is 76.6 Å². The van der Waals surface area contributed by atoms with Crippen LogP contribution in [0.4, 0.5) is 11.5 Å². The minimum atomic E-state index is -0.437. The summed E-state index contributed by atoms with van der Waals surface area (Å²) in [6.45, 7) is 11.9. The Labute approximate surface area is 230 Å². The molecule has 1 atom stereocenters. The van der Waals surface area contributed by atoms with Crippen LogP contribution in [0.25, 0.3) is 16.0 Å². The zero-order chi connectivity index (χ0) is 27.1. The number of carbonyl (C=O) groups excluding carboxylic acids is 1. The summed E-state index contributed by atoms with van der Waals surface area (Å²) < 4.78 is 7.41. The molecule has 1 aliphatic carbocycles. The van der Waals surface area contributed by atoms with Gasteiger partial charge in [-0.15, -0.1) is 11.3 Å². The first-order chi connectivity index (χ1) is 18.9. The number of hydrogen-bond acceptors (Lipinski definition) is 8. The minimum absolute atomic E-state index is 0.119. The summed E-state index contributed by atoms with van der Waals surface area (Å²) >= 11 is 1.24. The molecule has 0 bridgehead atoms. The lowest BCUT2D eigenvalue weighted by atomic mass is 10.1. The number of nitrogens with two attached hydrogens (primary N) is 1. The van der Waals surface area contributed by atoms with E-state index in [1.165, 1.54) is 28.7 Å². The molecule has 1 aromatic carbocycles. The predicted octanol–water partition coefficient (Wildman–Crippen LogP) is 3.70. The van der Waals surface area contributed by atoms with E-state index >= 15 is 0 Å². The van der Waals surface area contributed by atoms with E-state index in [4.69, 9.17) is 10.5 Å². The van der Waals surface area contributed by atoms with Crippen molar-refractivity contribution in [2.24, 2.45) is 5.92 Å². The third-order valence-corrected chi connectivity index (χ3v) is 8.51. The van der Waals surface area contributed by atoms with Gasteiger partial charge in [-0.3, -0.25) is 14.2 Å². The van der Waals surface area contributed by atoms with Gasteiger partial charge in [-0.1, -0.05) is 19.2 Å². The SMILES string of the molecule is C=C/C=C(\C=C)N1CCOc2ccc(-n3c(=O)c(N)nc4sc(C(=O)NC5CCN(CC6CC6)C5)cc43)cc21. The van der Waals surface area contributed by atoms with E-state index in [0.717, 1.165) is 43.4 Å². The van der Waals surface area contributed by atoms with Gasteiger partial charge in [-0.25, -0.2) is 4.98 Å². The molecule has 10 heteroatoms. The number of anilines is 2. The summed E-state index contributed by atoms with van der Waals surface area (Å²) in [7, 11) is 0. The summed E-state index contributed by atoms with van der Waals surface area (Å²) in [5, 5.41) is 3.18. The number of fused-ring (bicyclic) bond motifs is 2. The molecule has 2 aromatic heterocycles. The topological polar surface area (TPSA) is 106 Å². The Morgan fingerprint density at radius 3 is 2.85 bits per heavy atom. The fraction of sp³-hybridized carbons (Fsp3) is 0.345. The van der Waals surface area contributed by atoms with Crippen LogP contribution in [0.5, 0.6) is 5.75 Å². The van der Waals surface area contributed by atoms with Crippen molar-refractivity contribution in [3.63, 3.8) is 0 Å². The van der Waals surface area contributed by atoms with Gasteiger partial charge in [0, 0.05) is 31.4 Å². The summed E-state index contributed by atoms with van der Waals surface area (Å²) in [5.74, 6) is 1.26. The maximum atomic E-state index is 13.3. The van der Waals surface area contributed by atoms with Crippen LogP contribution in [-0.2, 0) is 0 Å². The average Bonchev–Trinajstić information content (AvgIpc) is 3.48. The van der Waals surface area contributed by atoms with Crippen LogP contribution in [0.1, 0.15) is 28.9 Å². The van der Waals surface area contributed by atoms with E-state index in [0.29, 0.717) is 39.8 Å². The second kappa shape index (κ2) is 10.3. The highest BCUT2D eigenvalue weighted by atomic mass is 32.1. The molecule has 3 N–H and O–H groups in total. The molecule has 1 saturated heterocycles. The molecular weight excluding hydrogens is 512 g/mol. The van der Waals surface area contributed by atoms with Crippen LogP contribution in [-0.4, -0.2) is 59.2 Å². The van der Waals surface area contributed by atoms with Crippen LogP contribution in [0.3, 0.4) is 0 Å². The van der Waals surface area contributed by atoms with Crippen LogP contribution < -0.4 is 26.2 Å². The van der Waals surface area contributed by atoms with Gasteiger partial charge in [0.05, 0.1) is 28.3 Å². The number of benzene rings is 1. The van der Waals surface area contributed by atoms with Gasteiger partial charge in [0.15, 0.2) is 5.82 Å². The fourth-order valence-corrected chi connectivity index (χ4v) is 6.33. The number of allylic oxidation sites excluding steroid dienone is 3. The molecule has 4 heterocycles. The van der Waals surface area contributed by atoms with E-state index in [2.05, 4.69) is 33.3 Å². The average molecular weight is 545 g/mol. The fourth-order valence-electron chi connectivity index (χ4n) is 5.40. The number of aromatic nitrogens is 2. The molecule has 9 nitrogen and oxygen atoms in total. The van der Waals surface area contributed by atoms with Crippen molar-refractivity contribution in [1.29, 1.82) is 0 Å². The number of nitrogen functional groups attached to an aromatic ring is 1. The number of amides is 1. The molecule has 2 aliphatic heterocycles. The van der Waals surface area contributed by atoms with Crippen LogP contribution >= 0.6 is 11.3 Å². The van der Waals surface area contributed by atoms with E-state index in [9.17, 15) is 9.59 Å². The lowest BCUT2D eigenvalue weighted by Gasteiger charge is -2.32. The monoisotopic (exact) mass is 544 g/mol. The molecule has 1 saturated carbocycles. The van der Waals surface area contributed by atoms with E-state index in [1.54, 1.807) is 18.2 Å². The predicted molar refractivity (Wildman–Crippen MR) is 156 cm³/mol. The number of rotatable bonds is 8. The van der Waals surface area contributed by atoms with Gasteiger partial charge >= 0.3 is 0 Å². The minimum Gasteiger partial charge on any atom is -0.490 e. The molecule has 6 rings (SSSR count). The zero-order valence-electron chi connectivity index (χ0n) is 21.8. The molecular formula is C29H32N6O3S. The molecule has 0 spiro atoms. The van der Waals surface area contributed by atoms with Crippen molar-refractivity contribution in [2.45, 2.75) is 25.3 Å². The normalized spacial score (nSPS) is 19.5. The van der Waals surface area contributed by atoms with Gasteiger partial charge in [0.25, 0.3) is 11.5 Å². The van der Waals surface area contributed by atoms with Crippen molar-refractivity contribution in [1.82, 2.24) is 19.8 Å². The van der Waals surface area contributed by atoms with Gasteiger partial charge in [0.1, 0.15) is 17.2 Å². The Morgan fingerprint density at radius 2 is 2.08 bits per heavy atom. The van der Waals surface area contributed by atoms with Crippen molar-refractivity contribution >= 4 is 39.1 Å². The van der Waals surface area contributed by atoms with E-state index in [-0.39, 0.29) is 17.8 Å². The van der Waals surface area contributed by atoms with Crippen molar-refractivity contribution in [3.8, 4) is 11.4 Å². The third-order valence-electron chi connectivity index (χ3n) is 7.50. The summed E-state index contributed by atoms with van der Waals surface area (Å²) in [4.78, 5) is 36.4. The van der Waals surface area contributed by atoms with Gasteiger partial charge in [-0.2, -0.15) is 0 Å². The quantitative estimate of drug-likeness (QED) is 0.417. The summed E-state index contributed by atoms with van der Waals surface area (Å²) in [6, 6.07) is 7.40. The summed E-state index contributed by atoms with van der Waals surface area (Å²) in [5.41, 5.74) is 8.44. The Balaban J connectivity index is 1.33. The Hall–Kier alpha value is -3.89. The molecule has 2 fully saturated rings. The highest BCUT2D eigenvalue weighted by Crippen LogP contribution is 2.37. The molecule has 39 heavy (non-hydrogen) atoms. The number of hydrogen-bond donors (Lipinski definition) is 2. The number of carbonyl (C=O) groups is 1. The molecule has 202 valence electrons. The van der Waals surface area contributed by atoms with Crippen LogP contribution in [0.2, 0.25) is 0 Å². The van der Waals surface area contributed by atoms with Gasteiger partial charge in [-0.05, 0) is 61.6 Å². The molecule has 3 aromatic rings. The number of thiophene rings is 1. The molecule has 0 radical (unpaired) electrons. The molecule has 1 unspecified atom stereocenters. The van der Waals surface area contributed by atoms with Gasteiger partial charge < -0.3 is 25.6 Å². The van der Waals surface area contributed by atoms with Crippen LogP contribution in [0, 0.1) is 5.92 Å². The van der Waals surface area contributed by atoms with Crippen molar-refractivity contribution in [2.75, 3.05) is 43.4 Å². The lowest BCUT2D eigenvalue weighted by molar-refractivity contribution is 0.0942. The molecule has 3 aliphatic rings. The van der Waals surface area contributed by atoms with Crippen LogP contribution in [0.15, 0.2) is 66.1 Å². The molecule has 1 amide bonds. The van der Waals surface area contributed by atoms with Gasteiger partial charge in [0.2, 0.25) is 0 Å². The maximum absolute atomic E-state index is 13.3. The Morgan fingerprint density at radius 1 is 1.23 bits per heavy atom. The highest BCUT2D eigenvalue weighted by Gasteiger charge is 2.30. The highest BCUT2D eigenvalue weighted by molar-refractivity contribution is 7.20. The number of ether oxygens (including phenoxy) is 1. The second-order valence-electron chi connectivity index (χ2n) is 10.3. The number of likely N-dealkylation sites (tertiary alicyclic amines) is 1. The first-order valence-corrected chi connectivity index (χ1v) is 14.1. The number of nitrogens with one attached hydrogen (secondary N) is 1. The third kappa shape index (κ3) is 4.97. The Kier molecular flexibility index (Phi) is 6.74. The first kappa shape index (κ1) is 25.4. The van der Waals surface area contributed by atoms with Crippen molar-refractivity contribution < 1.29 is 9.53 Å². The zero-order valence-corrected chi connectivity index (χ0v) is 22.6. The second-order valence-corrected chi connectivity index (χ2v) is 11.3. The lowest BCUT2D eigenvalue weighted by Crippen LogP contribution is -2.37. The Bertz CT molecular complexity index is 1550. The smallest absolute Gasteiger partial charge is 0.298 e. The first-order valence-electron chi connectivity index (χ1n) is 13.3. The van der Waals surface area contributed by atoms with E-state index in [1.807, 2.05) is 24.3 Å². The summed E-state index contributed by atoms with van der Waals surface area (Å²) in [6.07, 6.45) is 8.94. The maximum Gasteiger partial charge on any atom is 0.298 e.